The van der Waals surface area contributed by atoms with Crippen LogP contribution in [-0.4, -0.2) is 20.3 Å². The molecule has 0 saturated heterocycles. The zero-order valence-electron chi connectivity index (χ0n) is 12.5. The smallest absolute Gasteiger partial charge is 0.129 e. The van der Waals surface area contributed by atoms with Crippen molar-refractivity contribution in [3.05, 3.63) is 59.5 Å². The van der Waals surface area contributed by atoms with Gasteiger partial charge in [0.25, 0.3) is 0 Å². The number of nitrogens with one attached hydrogen (secondary N) is 1. The van der Waals surface area contributed by atoms with E-state index in [1.165, 1.54) is 11.1 Å². The van der Waals surface area contributed by atoms with Crippen LogP contribution in [0.1, 0.15) is 23.3 Å². The van der Waals surface area contributed by atoms with E-state index in [-0.39, 0.29) is 0 Å². The van der Waals surface area contributed by atoms with Crippen LogP contribution in [-0.2, 0) is 29.2 Å². The quantitative estimate of drug-likeness (QED) is 0.682. The monoisotopic (exact) mass is 289 g/mol. The van der Waals surface area contributed by atoms with Gasteiger partial charge in [-0.3, -0.25) is 0 Å². The highest BCUT2D eigenvalue weighted by atomic mass is 16.5. The van der Waals surface area contributed by atoms with Crippen LogP contribution in [0.15, 0.2) is 47.1 Å². The molecule has 2 rings (SSSR count). The van der Waals surface area contributed by atoms with E-state index in [2.05, 4.69) is 29.6 Å². The van der Waals surface area contributed by atoms with Crippen molar-refractivity contribution in [3.63, 3.8) is 0 Å². The van der Waals surface area contributed by atoms with E-state index < -0.39 is 0 Å². The van der Waals surface area contributed by atoms with Gasteiger partial charge >= 0.3 is 0 Å². The molecule has 1 heterocycles. The largest absolute Gasteiger partial charge is 0.467 e. The van der Waals surface area contributed by atoms with Crippen LogP contribution in [0.5, 0.6) is 0 Å². The zero-order valence-corrected chi connectivity index (χ0v) is 12.5. The number of methoxy groups -OCH3 is 1. The number of hydrogen-bond acceptors (Lipinski definition) is 4. The fraction of sp³-hybridized carbons (Fsp3) is 0.412. The third-order valence-electron chi connectivity index (χ3n) is 3.13. The summed E-state index contributed by atoms with van der Waals surface area (Å²) < 4.78 is 15.8. The average Bonchev–Trinajstić information content (AvgIpc) is 3.01. The lowest BCUT2D eigenvalue weighted by atomic mass is 10.1. The Labute approximate surface area is 126 Å². The molecule has 0 saturated carbocycles. The topological polar surface area (TPSA) is 43.6 Å². The molecule has 1 aromatic carbocycles. The lowest BCUT2D eigenvalue weighted by Crippen LogP contribution is -2.16. The number of hydrogen-bond donors (Lipinski definition) is 1. The second-order valence-electron chi connectivity index (χ2n) is 4.91. The zero-order chi connectivity index (χ0) is 14.8. The van der Waals surface area contributed by atoms with E-state index in [0.717, 1.165) is 31.9 Å². The van der Waals surface area contributed by atoms with E-state index in [1.54, 1.807) is 13.4 Å². The van der Waals surface area contributed by atoms with Crippen LogP contribution < -0.4 is 5.32 Å². The molecule has 4 heteroatoms. The first-order valence-electron chi connectivity index (χ1n) is 7.26. The van der Waals surface area contributed by atoms with Gasteiger partial charge in [0.2, 0.25) is 0 Å². The fourth-order valence-corrected chi connectivity index (χ4v) is 2.02. The third-order valence-corrected chi connectivity index (χ3v) is 3.13. The van der Waals surface area contributed by atoms with Crippen LogP contribution in [0.3, 0.4) is 0 Å². The molecule has 114 valence electrons. The highest BCUT2D eigenvalue weighted by molar-refractivity contribution is 5.21. The van der Waals surface area contributed by atoms with Crippen molar-refractivity contribution in [2.75, 3.05) is 20.3 Å². The lowest BCUT2D eigenvalue weighted by Gasteiger charge is -2.06. The van der Waals surface area contributed by atoms with Crippen molar-refractivity contribution in [1.82, 2.24) is 5.32 Å². The van der Waals surface area contributed by atoms with Crippen LogP contribution in [0, 0.1) is 0 Å². The van der Waals surface area contributed by atoms with Crippen molar-refractivity contribution < 1.29 is 13.9 Å². The van der Waals surface area contributed by atoms with Gasteiger partial charge in [-0.25, -0.2) is 0 Å². The number of ether oxygens (including phenoxy) is 2. The Bertz CT molecular complexity index is 479. The van der Waals surface area contributed by atoms with Crippen molar-refractivity contribution in [3.8, 4) is 0 Å². The molecule has 4 nitrogen and oxygen atoms in total. The average molecular weight is 289 g/mol. The van der Waals surface area contributed by atoms with Crippen molar-refractivity contribution in [1.29, 1.82) is 0 Å². The predicted molar refractivity (Wildman–Crippen MR) is 81.8 cm³/mol. The molecule has 21 heavy (non-hydrogen) atoms. The van der Waals surface area contributed by atoms with Gasteiger partial charge < -0.3 is 19.2 Å². The molecule has 2 aromatic rings. The van der Waals surface area contributed by atoms with Crippen LogP contribution in [0.4, 0.5) is 0 Å². The number of furan rings is 1. The Morgan fingerprint density at radius 2 is 1.86 bits per heavy atom. The van der Waals surface area contributed by atoms with Crippen LogP contribution in [0.2, 0.25) is 0 Å². The van der Waals surface area contributed by atoms with Crippen molar-refractivity contribution in [2.24, 2.45) is 0 Å². The Morgan fingerprint density at radius 3 is 2.57 bits per heavy atom. The molecular formula is C17H23NO3. The van der Waals surface area contributed by atoms with Gasteiger partial charge in [-0.2, -0.15) is 0 Å². The van der Waals surface area contributed by atoms with Gasteiger partial charge in [0, 0.05) is 20.3 Å². The summed E-state index contributed by atoms with van der Waals surface area (Å²) in [7, 11) is 1.71. The summed E-state index contributed by atoms with van der Waals surface area (Å²) in [6, 6.07) is 12.3. The summed E-state index contributed by atoms with van der Waals surface area (Å²) in [5.74, 6) is 0.874. The minimum absolute atomic E-state index is 0.550. The van der Waals surface area contributed by atoms with Crippen molar-refractivity contribution in [2.45, 2.75) is 26.2 Å². The van der Waals surface area contributed by atoms with Gasteiger partial charge in [-0.05, 0) is 36.2 Å². The van der Waals surface area contributed by atoms with Gasteiger partial charge in [0.15, 0.2) is 0 Å². The van der Waals surface area contributed by atoms with Gasteiger partial charge in [-0.1, -0.05) is 24.3 Å². The molecule has 1 aromatic heterocycles. The van der Waals surface area contributed by atoms with E-state index >= 15 is 0 Å². The Kier molecular flexibility index (Phi) is 7.01. The maximum Gasteiger partial charge on any atom is 0.129 e. The predicted octanol–water partition coefficient (Wildman–Crippen LogP) is 3.12. The van der Waals surface area contributed by atoms with E-state index in [9.17, 15) is 0 Å². The first-order valence-corrected chi connectivity index (χ1v) is 7.26. The maximum absolute atomic E-state index is 5.53. The highest BCUT2D eigenvalue weighted by Crippen LogP contribution is 2.05. The van der Waals surface area contributed by atoms with Crippen LogP contribution in [0.25, 0.3) is 0 Å². The van der Waals surface area contributed by atoms with Crippen molar-refractivity contribution >= 4 is 0 Å². The molecule has 0 unspecified atom stereocenters. The second-order valence-corrected chi connectivity index (χ2v) is 4.91. The molecule has 1 N–H and O–H groups in total. The summed E-state index contributed by atoms with van der Waals surface area (Å²) in [6.07, 6.45) is 2.65. The first kappa shape index (κ1) is 15.8. The Hall–Kier alpha value is -1.62. The highest BCUT2D eigenvalue weighted by Gasteiger charge is 1.97. The summed E-state index contributed by atoms with van der Waals surface area (Å²) in [5, 5.41) is 3.41. The Balaban J connectivity index is 1.51. The van der Waals surface area contributed by atoms with E-state index in [0.29, 0.717) is 13.2 Å². The lowest BCUT2D eigenvalue weighted by molar-refractivity contribution is 0.104. The number of benzene rings is 1. The molecule has 0 aliphatic rings. The molecule has 0 aliphatic heterocycles. The van der Waals surface area contributed by atoms with Gasteiger partial charge in [-0.15, -0.1) is 0 Å². The number of rotatable bonds is 10. The first-order chi connectivity index (χ1) is 10.4. The minimum atomic E-state index is 0.550. The fourth-order valence-electron chi connectivity index (χ4n) is 2.02. The van der Waals surface area contributed by atoms with E-state index in [1.807, 2.05) is 12.1 Å². The molecule has 0 aliphatic carbocycles. The summed E-state index contributed by atoms with van der Waals surface area (Å²) in [4.78, 5) is 0. The summed E-state index contributed by atoms with van der Waals surface area (Å²) in [5.41, 5.74) is 2.49. The molecular weight excluding hydrogens is 266 g/mol. The summed E-state index contributed by atoms with van der Waals surface area (Å²) >= 11 is 0. The molecule has 0 atom stereocenters. The normalized spacial score (nSPS) is 10.9. The molecule has 0 spiro atoms. The second kappa shape index (κ2) is 9.34. The standard InChI is InChI=1S/C17H23NO3/c1-19-13-16-7-5-15(6-8-16)12-18-9-3-10-20-14-17-4-2-11-21-17/h2,4-8,11,18H,3,9-10,12-14H2,1H3. The third kappa shape index (κ3) is 6.12. The Morgan fingerprint density at radius 1 is 1.05 bits per heavy atom. The van der Waals surface area contributed by atoms with Gasteiger partial charge in [0.1, 0.15) is 12.4 Å². The molecule has 0 amide bonds. The SMILES string of the molecule is COCc1ccc(CNCCCOCc2ccco2)cc1. The maximum atomic E-state index is 5.53. The minimum Gasteiger partial charge on any atom is -0.467 e. The molecule has 0 fully saturated rings. The van der Waals surface area contributed by atoms with Crippen LogP contribution >= 0.6 is 0 Å². The molecule has 0 radical (unpaired) electrons. The van der Waals surface area contributed by atoms with E-state index in [4.69, 9.17) is 13.9 Å². The van der Waals surface area contributed by atoms with Gasteiger partial charge in [0.05, 0.1) is 12.9 Å². The molecule has 0 bridgehead atoms. The summed E-state index contributed by atoms with van der Waals surface area (Å²) in [6.45, 7) is 3.78.